The first kappa shape index (κ1) is 10.7. The van der Waals surface area contributed by atoms with Crippen molar-refractivity contribution in [1.82, 2.24) is 9.59 Å². The van der Waals surface area contributed by atoms with E-state index >= 15 is 0 Å². The van der Waals surface area contributed by atoms with Crippen LogP contribution in [0.2, 0.25) is 0 Å². The highest BCUT2D eigenvalue weighted by Gasteiger charge is 2.35. The first-order valence-corrected chi connectivity index (χ1v) is 6.19. The molecular formula is C11H16N2OS. The molecule has 1 fully saturated rings. The van der Waals surface area contributed by atoms with Gasteiger partial charge in [0.1, 0.15) is 5.78 Å². The highest BCUT2D eigenvalue weighted by Crippen LogP contribution is 2.40. The molecule has 4 heteroatoms. The Hall–Kier alpha value is -0.770. The molecule has 1 aliphatic rings. The van der Waals surface area contributed by atoms with E-state index in [1.54, 1.807) is 0 Å². The number of carbonyl (C=O) groups is 1. The van der Waals surface area contributed by atoms with E-state index in [1.807, 2.05) is 5.38 Å². The second-order valence-electron chi connectivity index (χ2n) is 5.03. The van der Waals surface area contributed by atoms with Crippen molar-refractivity contribution in [3.8, 4) is 0 Å². The first-order chi connectivity index (χ1) is 7.08. The summed E-state index contributed by atoms with van der Waals surface area (Å²) in [5.41, 5.74) is 1.30. The Morgan fingerprint density at radius 3 is 3.07 bits per heavy atom. The van der Waals surface area contributed by atoms with E-state index in [4.69, 9.17) is 0 Å². The summed E-state index contributed by atoms with van der Waals surface area (Å²) in [6.07, 6.45) is 3.37. The van der Waals surface area contributed by atoms with Crippen molar-refractivity contribution in [3.05, 3.63) is 11.1 Å². The van der Waals surface area contributed by atoms with Crippen LogP contribution in [0.15, 0.2) is 5.38 Å². The van der Waals surface area contributed by atoms with Gasteiger partial charge in [-0.1, -0.05) is 18.3 Å². The number of hydrogen-bond donors (Lipinski definition) is 0. The van der Waals surface area contributed by atoms with Crippen LogP contribution in [0.3, 0.4) is 0 Å². The fraction of sp³-hybridized carbons (Fsp3) is 0.727. The molecule has 0 radical (unpaired) electrons. The van der Waals surface area contributed by atoms with Crippen LogP contribution in [0.5, 0.6) is 0 Å². The molecule has 0 aromatic carbocycles. The Balaban J connectivity index is 2.08. The van der Waals surface area contributed by atoms with Gasteiger partial charge in [0.15, 0.2) is 0 Å². The monoisotopic (exact) mass is 224 g/mol. The smallest absolute Gasteiger partial charge is 0.133 e. The molecule has 1 atom stereocenters. The molecule has 0 saturated heterocycles. The Morgan fingerprint density at radius 2 is 2.40 bits per heavy atom. The summed E-state index contributed by atoms with van der Waals surface area (Å²) in [6.45, 7) is 4.51. The summed E-state index contributed by atoms with van der Waals surface area (Å²) >= 11 is 1.38. The third-order valence-electron chi connectivity index (χ3n) is 3.49. The SMILES string of the molecule is CC1(C)CCC(=O)CC1Cc1csnn1. The predicted octanol–water partition coefficient (Wildman–Crippen LogP) is 2.48. The summed E-state index contributed by atoms with van der Waals surface area (Å²) < 4.78 is 3.86. The molecule has 0 N–H and O–H groups in total. The molecule has 2 rings (SSSR count). The van der Waals surface area contributed by atoms with E-state index in [0.717, 1.165) is 25.0 Å². The van der Waals surface area contributed by atoms with Crippen LogP contribution in [-0.2, 0) is 11.2 Å². The fourth-order valence-electron chi connectivity index (χ4n) is 2.19. The lowest BCUT2D eigenvalue weighted by atomic mass is 9.67. The standard InChI is InChI=1S/C11H16N2OS/c1-11(2)4-3-10(14)6-8(11)5-9-7-15-13-12-9/h7-8H,3-6H2,1-2H3. The molecule has 1 unspecified atom stereocenters. The molecule has 1 saturated carbocycles. The summed E-state index contributed by atoms with van der Waals surface area (Å²) in [7, 11) is 0. The van der Waals surface area contributed by atoms with Crippen molar-refractivity contribution < 1.29 is 4.79 Å². The lowest BCUT2D eigenvalue weighted by Gasteiger charge is -2.37. The van der Waals surface area contributed by atoms with E-state index in [9.17, 15) is 4.79 Å². The second kappa shape index (κ2) is 4.00. The highest BCUT2D eigenvalue weighted by atomic mass is 32.1. The maximum absolute atomic E-state index is 11.5. The molecule has 0 amide bonds. The molecular weight excluding hydrogens is 208 g/mol. The van der Waals surface area contributed by atoms with Crippen molar-refractivity contribution in [3.63, 3.8) is 0 Å². The van der Waals surface area contributed by atoms with Crippen LogP contribution >= 0.6 is 11.5 Å². The molecule has 0 aliphatic heterocycles. The van der Waals surface area contributed by atoms with Gasteiger partial charge in [0.2, 0.25) is 0 Å². The minimum Gasteiger partial charge on any atom is -0.300 e. The van der Waals surface area contributed by atoms with Crippen molar-refractivity contribution in [1.29, 1.82) is 0 Å². The molecule has 1 heterocycles. The number of hydrogen-bond acceptors (Lipinski definition) is 4. The van der Waals surface area contributed by atoms with Crippen LogP contribution in [-0.4, -0.2) is 15.4 Å². The summed E-state index contributed by atoms with van der Waals surface area (Å²) in [6, 6.07) is 0. The van der Waals surface area contributed by atoms with E-state index in [-0.39, 0.29) is 5.41 Å². The molecule has 3 nitrogen and oxygen atoms in total. The van der Waals surface area contributed by atoms with Gasteiger partial charge in [-0.05, 0) is 35.7 Å². The van der Waals surface area contributed by atoms with Gasteiger partial charge < -0.3 is 0 Å². The zero-order valence-corrected chi connectivity index (χ0v) is 10.0. The van der Waals surface area contributed by atoms with Crippen LogP contribution in [0.1, 0.15) is 38.8 Å². The van der Waals surface area contributed by atoms with Crippen molar-refractivity contribution >= 4 is 17.3 Å². The van der Waals surface area contributed by atoms with Gasteiger partial charge >= 0.3 is 0 Å². The van der Waals surface area contributed by atoms with Gasteiger partial charge in [-0.3, -0.25) is 4.79 Å². The number of Topliss-reactive ketones (excluding diaryl/α,β-unsaturated/α-hetero) is 1. The lowest BCUT2D eigenvalue weighted by Crippen LogP contribution is -2.33. The van der Waals surface area contributed by atoms with Gasteiger partial charge in [0.05, 0.1) is 5.69 Å². The Labute approximate surface area is 94.1 Å². The minimum absolute atomic E-state index is 0.261. The van der Waals surface area contributed by atoms with E-state index < -0.39 is 0 Å². The van der Waals surface area contributed by atoms with Crippen LogP contribution in [0.4, 0.5) is 0 Å². The zero-order chi connectivity index (χ0) is 10.9. The Bertz CT molecular complexity index is 345. The third-order valence-corrected chi connectivity index (χ3v) is 4.04. The fourth-order valence-corrected chi connectivity index (χ4v) is 2.66. The number of rotatable bonds is 2. The normalized spacial score (nSPS) is 25.5. The molecule has 1 aromatic rings. The topological polar surface area (TPSA) is 42.9 Å². The Morgan fingerprint density at radius 1 is 1.60 bits per heavy atom. The molecule has 82 valence electrons. The van der Waals surface area contributed by atoms with E-state index in [1.165, 1.54) is 11.5 Å². The van der Waals surface area contributed by atoms with Crippen LogP contribution in [0, 0.1) is 11.3 Å². The van der Waals surface area contributed by atoms with Crippen molar-refractivity contribution in [2.45, 2.75) is 39.5 Å². The molecule has 0 spiro atoms. The maximum atomic E-state index is 11.5. The average molecular weight is 224 g/mol. The van der Waals surface area contributed by atoms with Gasteiger partial charge in [-0.25, -0.2) is 0 Å². The molecule has 15 heavy (non-hydrogen) atoms. The first-order valence-electron chi connectivity index (χ1n) is 5.35. The van der Waals surface area contributed by atoms with Crippen LogP contribution in [0.25, 0.3) is 0 Å². The predicted molar refractivity (Wildman–Crippen MR) is 59.7 cm³/mol. The lowest BCUT2D eigenvalue weighted by molar-refractivity contribution is -0.124. The highest BCUT2D eigenvalue weighted by molar-refractivity contribution is 7.03. The third kappa shape index (κ3) is 2.43. The van der Waals surface area contributed by atoms with Gasteiger partial charge in [-0.2, -0.15) is 0 Å². The van der Waals surface area contributed by atoms with E-state index in [0.29, 0.717) is 18.1 Å². The number of carbonyl (C=O) groups excluding carboxylic acids is 1. The molecule has 1 aromatic heterocycles. The van der Waals surface area contributed by atoms with Crippen molar-refractivity contribution in [2.75, 3.05) is 0 Å². The quantitative estimate of drug-likeness (QED) is 0.775. The second-order valence-corrected chi connectivity index (χ2v) is 5.64. The summed E-state index contributed by atoms with van der Waals surface area (Å²) in [5, 5.41) is 6.04. The molecule has 0 bridgehead atoms. The minimum atomic E-state index is 0.261. The number of nitrogens with zero attached hydrogens (tertiary/aromatic N) is 2. The van der Waals surface area contributed by atoms with Crippen molar-refractivity contribution in [2.24, 2.45) is 11.3 Å². The zero-order valence-electron chi connectivity index (χ0n) is 9.19. The number of ketones is 1. The largest absolute Gasteiger partial charge is 0.300 e. The van der Waals surface area contributed by atoms with Gasteiger partial charge in [-0.15, -0.1) is 5.10 Å². The van der Waals surface area contributed by atoms with Gasteiger partial charge in [0.25, 0.3) is 0 Å². The number of aromatic nitrogens is 2. The van der Waals surface area contributed by atoms with E-state index in [2.05, 4.69) is 23.4 Å². The molecule has 1 aliphatic carbocycles. The summed E-state index contributed by atoms with van der Waals surface area (Å²) in [5.74, 6) is 0.838. The van der Waals surface area contributed by atoms with Gasteiger partial charge in [0, 0.05) is 18.2 Å². The van der Waals surface area contributed by atoms with Crippen LogP contribution < -0.4 is 0 Å². The maximum Gasteiger partial charge on any atom is 0.133 e. The average Bonchev–Trinajstić information content (AvgIpc) is 2.65. The Kier molecular flexibility index (Phi) is 2.87. The summed E-state index contributed by atoms with van der Waals surface area (Å²) in [4.78, 5) is 11.5.